The van der Waals surface area contributed by atoms with Gasteiger partial charge in [-0.1, -0.05) is 11.8 Å². The molecule has 0 saturated heterocycles. The van der Waals surface area contributed by atoms with Gasteiger partial charge in [0.2, 0.25) is 0 Å². The zero-order chi connectivity index (χ0) is 17.7. The molecule has 0 aliphatic carbocycles. The highest BCUT2D eigenvalue weighted by Crippen LogP contribution is 2.16. The zero-order valence-electron chi connectivity index (χ0n) is 12.5. The van der Waals surface area contributed by atoms with Crippen molar-refractivity contribution >= 4 is 38.4 Å². The Morgan fingerprint density at radius 1 is 1.17 bits per heavy atom. The summed E-state index contributed by atoms with van der Waals surface area (Å²) >= 11 is 0.857. The Morgan fingerprint density at radius 2 is 1.83 bits per heavy atom. The lowest BCUT2D eigenvalue weighted by molar-refractivity contribution is -0.109. The van der Waals surface area contributed by atoms with E-state index >= 15 is 0 Å². The molecular formula is C15H13FN2O4S2. The van der Waals surface area contributed by atoms with Gasteiger partial charge in [0.15, 0.2) is 10.9 Å². The molecule has 0 aliphatic heterocycles. The number of Topliss-reactive ketones (excluding diaryl/α,β-unsaturated/α-hetero) is 1. The molecule has 1 aromatic heterocycles. The molecule has 24 heavy (non-hydrogen) atoms. The second-order valence-electron chi connectivity index (χ2n) is 4.69. The van der Waals surface area contributed by atoms with Crippen molar-refractivity contribution in [2.45, 2.75) is 11.8 Å². The molecule has 9 heteroatoms. The third kappa shape index (κ3) is 4.87. The number of carbonyl (C=O) groups excluding carboxylic acids is 2. The Bertz CT molecular complexity index is 850. The predicted molar refractivity (Wildman–Crippen MR) is 88.9 cm³/mol. The minimum atomic E-state index is -3.90. The number of pyridine rings is 1. The van der Waals surface area contributed by atoms with Gasteiger partial charge >= 0.3 is 0 Å². The summed E-state index contributed by atoms with van der Waals surface area (Å²) < 4.78 is 39.5. The monoisotopic (exact) mass is 368 g/mol. The lowest BCUT2D eigenvalue weighted by Gasteiger charge is -2.08. The average molecular weight is 368 g/mol. The van der Waals surface area contributed by atoms with Gasteiger partial charge in [-0.15, -0.1) is 0 Å². The molecule has 126 valence electrons. The van der Waals surface area contributed by atoms with Crippen LogP contribution in [0.2, 0.25) is 0 Å². The fourth-order valence-electron chi connectivity index (χ4n) is 1.68. The van der Waals surface area contributed by atoms with Crippen LogP contribution in [0.3, 0.4) is 0 Å². The number of nitrogens with zero attached hydrogens (tertiary/aromatic N) is 1. The molecule has 0 amide bonds. The number of ketones is 1. The lowest BCUT2D eigenvalue weighted by Crippen LogP contribution is -2.14. The Morgan fingerprint density at radius 3 is 2.38 bits per heavy atom. The van der Waals surface area contributed by atoms with Crippen molar-refractivity contribution in [3.63, 3.8) is 0 Å². The number of anilines is 1. The van der Waals surface area contributed by atoms with Crippen LogP contribution >= 0.6 is 11.8 Å². The van der Waals surface area contributed by atoms with Gasteiger partial charge in [0.25, 0.3) is 10.0 Å². The maximum Gasteiger partial charge on any atom is 0.263 e. The quantitative estimate of drug-likeness (QED) is 0.788. The third-order valence-electron chi connectivity index (χ3n) is 2.84. The molecule has 0 unspecified atom stereocenters. The van der Waals surface area contributed by atoms with E-state index < -0.39 is 15.8 Å². The molecule has 0 radical (unpaired) electrons. The molecule has 0 fully saturated rings. The average Bonchev–Trinajstić information content (AvgIpc) is 2.54. The van der Waals surface area contributed by atoms with Crippen LogP contribution in [0.25, 0.3) is 0 Å². The maximum atomic E-state index is 12.8. The highest BCUT2D eigenvalue weighted by molar-refractivity contribution is 8.14. The van der Waals surface area contributed by atoms with Crippen LogP contribution in [0.4, 0.5) is 10.1 Å². The molecule has 0 bridgehead atoms. The summed E-state index contributed by atoms with van der Waals surface area (Å²) in [5.41, 5.74) is 0.277. The first-order chi connectivity index (χ1) is 11.3. The first kappa shape index (κ1) is 18.1. The minimum absolute atomic E-state index is 0.0533. The summed E-state index contributed by atoms with van der Waals surface area (Å²) in [5.74, 6) is -0.904. The number of aromatic nitrogens is 1. The minimum Gasteiger partial charge on any atom is -0.291 e. The van der Waals surface area contributed by atoms with E-state index in [4.69, 9.17) is 0 Å². The third-order valence-corrected chi connectivity index (χ3v) is 5.01. The topological polar surface area (TPSA) is 93.2 Å². The Balaban J connectivity index is 2.12. The van der Waals surface area contributed by atoms with Crippen molar-refractivity contribution in [3.8, 4) is 0 Å². The molecule has 2 rings (SSSR count). The summed E-state index contributed by atoms with van der Waals surface area (Å²) in [4.78, 5) is 26.3. The number of thioether (sulfide) groups is 1. The fourth-order valence-corrected chi connectivity index (χ4v) is 3.16. The smallest absolute Gasteiger partial charge is 0.263 e. The van der Waals surface area contributed by atoms with E-state index in [9.17, 15) is 22.4 Å². The van der Waals surface area contributed by atoms with Gasteiger partial charge in [-0.2, -0.15) is 0 Å². The number of rotatable bonds is 6. The van der Waals surface area contributed by atoms with Crippen molar-refractivity contribution in [2.75, 3.05) is 10.5 Å². The van der Waals surface area contributed by atoms with Crippen molar-refractivity contribution in [1.82, 2.24) is 4.98 Å². The van der Waals surface area contributed by atoms with Crippen molar-refractivity contribution in [2.24, 2.45) is 0 Å². The number of sulfonamides is 1. The molecule has 0 aliphatic rings. The highest BCUT2D eigenvalue weighted by atomic mass is 32.2. The Hall–Kier alpha value is -2.26. The van der Waals surface area contributed by atoms with Crippen LogP contribution in [0.15, 0.2) is 47.5 Å². The van der Waals surface area contributed by atoms with Crippen LogP contribution < -0.4 is 4.72 Å². The summed E-state index contributed by atoms with van der Waals surface area (Å²) in [7, 11) is -3.90. The second kappa shape index (κ2) is 7.54. The normalized spacial score (nSPS) is 11.1. The van der Waals surface area contributed by atoms with Gasteiger partial charge in [0.05, 0.1) is 5.75 Å². The summed E-state index contributed by atoms with van der Waals surface area (Å²) in [6, 6.07) is 7.36. The van der Waals surface area contributed by atoms with Crippen molar-refractivity contribution in [1.29, 1.82) is 0 Å². The number of nitrogens with one attached hydrogen (secondary N) is 1. The number of benzene rings is 1. The highest BCUT2D eigenvalue weighted by Gasteiger charge is 2.16. The van der Waals surface area contributed by atoms with Crippen molar-refractivity contribution < 1.29 is 22.4 Å². The van der Waals surface area contributed by atoms with Crippen molar-refractivity contribution in [3.05, 3.63) is 54.1 Å². The standard InChI is InChI=1S/C15H13FN2O4S2/c1-10(19)23-9-15(20)14-7-6-13(8-17-14)24(21,22)18-12-4-2-11(16)3-5-12/h2-8,18H,9H2,1H3. The first-order valence-corrected chi connectivity index (χ1v) is 9.16. The van der Waals surface area contributed by atoms with E-state index in [1.807, 2.05) is 0 Å². The van der Waals surface area contributed by atoms with Gasteiger partial charge in [-0.25, -0.2) is 12.8 Å². The van der Waals surface area contributed by atoms with E-state index in [0.29, 0.717) is 0 Å². The summed E-state index contributed by atoms with van der Waals surface area (Å²) in [6.45, 7) is 1.35. The first-order valence-electron chi connectivity index (χ1n) is 6.69. The number of carbonyl (C=O) groups is 2. The summed E-state index contributed by atoms with van der Waals surface area (Å²) in [5, 5.41) is -0.189. The molecule has 0 spiro atoms. The van der Waals surface area contributed by atoms with Crippen LogP contribution in [-0.2, 0) is 14.8 Å². The van der Waals surface area contributed by atoms with Gasteiger partial charge in [0.1, 0.15) is 16.4 Å². The fraction of sp³-hybridized carbons (Fsp3) is 0.133. The molecule has 0 atom stereocenters. The molecule has 6 nitrogen and oxygen atoms in total. The largest absolute Gasteiger partial charge is 0.291 e. The molecule has 0 saturated carbocycles. The number of hydrogen-bond donors (Lipinski definition) is 1. The molecule has 1 aromatic carbocycles. The Kier molecular flexibility index (Phi) is 5.68. The van der Waals surface area contributed by atoms with E-state index in [-0.39, 0.29) is 32.9 Å². The molecule has 1 heterocycles. The van der Waals surface area contributed by atoms with Crippen LogP contribution in [0, 0.1) is 5.82 Å². The second-order valence-corrected chi connectivity index (χ2v) is 7.53. The maximum absolute atomic E-state index is 12.8. The Labute approximate surface area is 142 Å². The van der Waals surface area contributed by atoms with Gasteiger partial charge in [-0.3, -0.25) is 19.3 Å². The van der Waals surface area contributed by atoms with Gasteiger partial charge < -0.3 is 0 Å². The lowest BCUT2D eigenvalue weighted by atomic mass is 10.3. The van der Waals surface area contributed by atoms with E-state index in [1.165, 1.54) is 31.2 Å². The summed E-state index contributed by atoms with van der Waals surface area (Å²) in [6.07, 6.45) is 1.05. The molecule has 2 aromatic rings. The predicted octanol–water partition coefficient (Wildman–Crippen LogP) is 2.48. The van der Waals surface area contributed by atoms with Crippen LogP contribution in [-0.4, -0.2) is 30.1 Å². The number of halogens is 1. The van der Waals surface area contributed by atoms with Crippen LogP contribution in [0.5, 0.6) is 0 Å². The van der Waals surface area contributed by atoms with E-state index in [1.54, 1.807) is 0 Å². The molecule has 1 N–H and O–H groups in total. The van der Waals surface area contributed by atoms with Gasteiger partial charge in [0, 0.05) is 18.8 Å². The molecular weight excluding hydrogens is 355 g/mol. The zero-order valence-corrected chi connectivity index (χ0v) is 14.2. The van der Waals surface area contributed by atoms with Gasteiger partial charge in [-0.05, 0) is 36.4 Å². The van der Waals surface area contributed by atoms with E-state index in [2.05, 4.69) is 9.71 Å². The van der Waals surface area contributed by atoms with Crippen LogP contribution in [0.1, 0.15) is 17.4 Å². The SMILES string of the molecule is CC(=O)SCC(=O)c1ccc(S(=O)(=O)Nc2ccc(F)cc2)cn1. The number of hydrogen-bond acceptors (Lipinski definition) is 6. The van der Waals surface area contributed by atoms with E-state index in [0.717, 1.165) is 30.1 Å².